The summed E-state index contributed by atoms with van der Waals surface area (Å²) in [4.78, 5) is 26.8. The molecular formula is C15H17NO5. The lowest BCUT2D eigenvalue weighted by atomic mass is 10.1. The third-order valence-electron chi connectivity index (χ3n) is 2.95. The largest absolute Gasteiger partial charge is 0.490 e. The van der Waals surface area contributed by atoms with Crippen molar-refractivity contribution >= 4 is 16.9 Å². The van der Waals surface area contributed by atoms with Gasteiger partial charge < -0.3 is 19.2 Å². The van der Waals surface area contributed by atoms with Crippen molar-refractivity contribution in [3.63, 3.8) is 0 Å². The second-order valence-electron chi connectivity index (χ2n) is 4.23. The van der Waals surface area contributed by atoms with Crippen LogP contribution in [0.5, 0.6) is 11.5 Å². The van der Waals surface area contributed by atoms with Gasteiger partial charge >= 0.3 is 5.97 Å². The SMILES string of the molecule is CCOc1cc2[nH]cc(C(=O)OC)c(=O)c2cc1OCC. The summed E-state index contributed by atoms with van der Waals surface area (Å²) in [6.45, 7) is 4.63. The standard InChI is InChI=1S/C15H17NO5/c1-4-20-12-6-9-11(7-13(12)21-5-2)16-8-10(14(9)17)15(18)19-3/h6-8H,4-5H2,1-3H3,(H,16,17). The Morgan fingerprint density at radius 1 is 1.14 bits per heavy atom. The molecule has 2 rings (SSSR count). The molecular weight excluding hydrogens is 274 g/mol. The number of carbonyl (C=O) groups excluding carboxylic acids is 1. The average Bonchev–Trinajstić information content (AvgIpc) is 2.48. The molecule has 0 aliphatic rings. The monoisotopic (exact) mass is 291 g/mol. The Morgan fingerprint density at radius 3 is 2.33 bits per heavy atom. The van der Waals surface area contributed by atoms with Crippen molar-refractivity contribution in [3.05, 3.63) is 34.1 Å². The van der Waals surface area contributed by atoms with Crippen LogP contribution < -0.4 is 14.9 Å². The molecule has 6 heteroatoms. The predicted octanol–water partition coefficient (Wildman–Crippen LogP) is 2.11. The van der Waals surface area contributed by atoms with Gasteiger partial charge in [0, 0.05) is 12.3 Å². The minimum Gasteiger partial charge on any atom is -0.490 e. The molecule has 6 nitrogen and oxygen atoms in total. The van der Waals surface area contributed by atoms with Crippen LogP contribution in [-0.4, -0.2) is 31.3 Å². The number of carbonyl (C=O) groups is 1. The Kier molecular flexibility index (Phi) is 4.47. The van der Waals surface area contributed by atoms with E-state index in [-0.39, 0.29) is 5.56 Å². The Labute approximate surface area is 121 Å². The predicted molar refractivity (Wildman–Crippen MR) is 78.2 cm³/mol. The molecule has 1 aromatic carbocycles. The number of aromatic nitrogens is 1. The molecule has 0 spiro atoms. The van der Waals surface area contributed by atoms with E-state index in [0.717, 1.165) is 0 Å². The van der Waals surface area contributed by atoms with Crippen molar-refractivity contribution in [2.45, 2.75) is 13.8 Å². The lowest BCUT2D eigenvalue weighted by Crippen LogP contribution is -2.17. The maximum Gasteiger partial charge on any atom is 0.343 e. The molecule has 0 fully saturated rings. The number of fused-ring (bicyclic) bond motifs is 1. The molecule has 0 aliphatic heterocycles. The number of ether oxygens (including phenoxy) is 3. The van der Waals surface area contributed by atoms with Gasteiger partial charge in [-0.15, -0.1) is 0 Å². The molecule has 1 N–H and O–H groups in total. The van der Waals surface area contributed by atoms with E-state index in [0.29, 0.717) is 35.6 Å². The summed E-state index contributed by atoms with van der Waals surface area (Å²) in [5, 5.41) is 0.352. The summed E-state index contributed by atoms with van der Waals surface area (Å²) in [5.74, 6) is 0.345. The first-order valence-corrected chi connectivity index (χ1v) is 6.65. The van der Waals surface area contributed by atoms with Crippen LogP contribution >= 0.6 is 0 Å². The first-order valence-electron chi connectivity index (χ1n) is 6.65. The topological polar surface area (TPSA) is 77.6 Å². The molecule has 0 unspecified atom stereocenters. The highest BCUT2D eigenvalue weighted by Crippen LogP contribution is 2.31. The van der Waals surface area contributed by atoms with Crippen LogP contribution in [0.2, 0.25) is 0 Å². The number of hydrogen-bond donors (Lipinski definition) is 1. The number of pyridine rings is 1. The van der Waals surface area contributed by atoms with E-state index < -0.39 is 11.4 Å². The molecule has 0 aliphatic carbocycles. The van der Waals surface area contributed by atoms with Gasteiger partial charge in [0.1, 0.15) is 5.56 Å². The zero-order valence-corrected chi connectivity index (χ0v) is 12.2. The third kappa shape index (κ3) is 2.84. The number of hydrogen-bond acceptors (Lipinski definition) is 5. The Bertz CT molecular complexity index is 720. The molecule has 0 radical (unpaired) electrons. The number of benzene rings is 1. The fourth-order valence-electron chi connectivity index (χ4n) is 2.03. The van der Waals surface area contributed by atoms with Crippen LogP contribution in [0.3, 0.4) is 0 Å². The minimum absolute atomic E-state index is 0.0448. The fraction of sp³-hybridized carbons (Fsp3) is 0.333. The summed E-state index contributed by atoms with van der Waals surface area (Å²) < 4.78 is 15.6. The molecule has 0 bridgehead atoms. The molecule has 1 aromatic heterocycles. The summed E-state index contributed by atoms with van der Waals surface area (Å²) >= 11 is 0. The maximum absolute atomic E-state index is 12.3. The van der Waals surface area contributed by atoms with Gasteiger partial charge in [-0.2, -0.15) is 0 Å². The van der Waals surface area contributed by atoms with E-state index in [2.05, 4.69) is 9.72 Å². The molecule has 21 heavy (non-hydrogen) atoms. The van der Waals surface area contributed by atoms with Crippen LogP contribution in [0.4, 0.5) is 0 Å². The van der Waals surface area contributed by atoms with Gasteiger partial charge in [-0.3, -0.25) is 4.79 Å². The van der Waals surface area contributed by atoms with Gasteiger partial charge in [0.15, 0.2) is 11.5 Å². The summed E-state index contributed by atoms with van der Waals surface area (Å²) in [6.07, 6.45) is 1.34. The lowest BCUT2D eigenvalue weighted by molar-refractivity contribution is 0.0599. The summed E-state index contributed by atoms with van der Waals surface area (Å²) in [6, 6.07) is 3.27. The van der Waals surface area contributed by atoms with Crippen molar-refractivity contribution in [1.82, 2.24) is 4.98 Å². The van der Waals surface area contributed by atoms with E-state index in [1.54, 1.807) is 12.1 Å². The van der Waals surface area contributed by atoms with E-state index in [9.17, 15) is 9.59 Å². The van der Waals surface area contributed by atoms with Gasteiger partial charge in [0.25, 0.3) is 0 Å². The summed E-state index contributed by atoms with van der Waals surface area (Å²) in [5.41, 5.74) is 0.121. The highest BCUT2D eigenvalue weighted by Gasteiger charge is 2.16. The first kappa shape index (κ1) is 14.9. The van der Waals surface area contributed by atoms with E-state index in [1.807, 2.05) is 13.8 Å². The number of aromatic amines is 1. The second-order valence-corrected chi connectivity index (χ2v) is 4.23. The van der Waals surface area contributed by atoms with Gasteiger partial charge in [-0.05, 0) is 19.9 Å². The van der Waals surface area contributed by atoms with Gasteiger partial charge in [0.2, 0.25) is 5.43 Å². The second kappa shape index (κ2) is 6.30. The highest BCUT2D eigenvalue weighted by molar-refractivity contribution is 5.94. The van der Waals surface area contributed by atoms with Crippen LogP contribution in [0, 0.1) is 0 Å². The van der Waals surface area contributed by atoms with Crippen molar-refractivity contribution in [1.29, 1.82) is 0 Å². The first-order chi connectivity index (χ1) is 10.1. The van der Waals surface area contributed by atoms with E-state index >= 15 is 0 Å². The average molecular weight is 291 g/mol. The molecule has 0 saturated carbocycles. The van der Waals surface area contributed by atoms with Crippen molar-refractivity contribution in [2.24, 2.45) is 0 Å². The zero-order chi connectivity index (χ0) is 15.4. The van der Waals surface area contributed by atoms with Crippen LogP contribution in [0.25, 0.3) is 10.9 Å². The molecule has 2 aromatic rings. The zero-order valence-electron chi connectivity index (χ0n) is 12.2. The third-order valence-corrected chi connectivity index (χ3v) is 2.95. The number of esters is 1. The molecule has 0 saturated heterocycles. The quantitative estimate of drug-likeness (QED) is 0.854. The number of nitrogens with one attached hydrogen (secondary N) is 1. The Morgan fingerprint density at radius 2 is 1.76 bits per heavy atom. The number of H-pyrrole nitrogens is 1. The van der Waals surface area contributed by atoms with Crippen LogP contribution in [0.1, 0.15) is 24.2 Å². The smallest absolute Gasteiger partial charge is 0.343 e. The van der Waals surface area contributed by atoms with E-state index in [4.69, 9.17) is 9.47 Å². The van der Waals surface area contributed by atoms with Crippen molar-refractivity contribution < 1.29 is 19.0 Å². The maximum atomic E-state index is 12.3. The molecule has 1 heterocycles. The number of methoxy groups -OCH3 is 1. The molecule has 112 valence electrons. The Hall–Kier alpha value is -2.50. The van der Waals surface area contributed by atoms with Crippen LogP contribution in [0.15, 0.2) is 23.1 Å². The van der Waals surface area contributed by atoms with Crippen LogP contribution in [-0.2, 0) is 4.74 Å². The van der Waals surface area contributed by atoms with Crippen molar-refractivity contribution in [2.75, 3.05) is 20.3 Å². The van der Waals surface area contributed by atoms with Crippen molar-refractivity contribution in [3.8, 4) is 11.5 Å². The molecule has 0 amide bonds. The summed E-state index contributed by atoms with van der Waals surface area (Å²) in [7, 11) is 1.23. The number of rotatable bonds is 5. The minimum atomic E-state index is -0.676. The Balaban J connectivity index is 2.67. The molecule has 0 atom stereocenters. The lowest BCUT2D eigenvalue weighted by Gasteiger charge is -2.12. The highest BCUT2D eigenvalue weighted by atomic mass is 16.5. The van der Waals surface area contributed by atoms with E-state index in [1.165, 1.54) is 13.3 Å². The normalized spacial score (nSPS) is 10.4. The van der Waals surface area contributed by atoms with Gasteiger partial charge in [-0.1, -0.05) is 0 Å². The fourth-order valence-corrected chi connectivity index (χ4v) is 2.03. The van der Waals surface area contributed by atoms with Gasteiger partial charge in [-0.25, -0.2) is 4.79 Å². The van der Waals surface area contributed by atoms with Gasteiger partial charge in [0.05, 0.1) is 31.2 Å².